The zero-order valence-corrected chi connectivity index (χ0v) is 24.2. The van der Waals surface area contributed by atoms with Crippen LogP contribution in [0.4, 0.5) is 18.0 Å². The lowest BCUT2D eigenvalue weighted by molar-refractivity contribution is -0.174. The number of rotatable bonds is 8. The summed E-state index contributed by atoms with van der Waals surface area (Å²) in [5.41, 5.74) is 1.37. The molecule has 1 aliphatic heterocycles. The highest BCUT2D eigenvalue weighted by Crippen LogP contribution is 2.40. The number of hydrogen-bond donors (Lipinski definition) is 1. The van der Waals surface area contributed by atoms with Gasteiger partial charge in [-0.3, -0.25) is 4.79 Å². The van der Waals surface area contributed by atoms with E-state index in [1.54, 1.807) is 32.9 Å². The summed E-state index contributed by atoms with van der Waals surface area (Å²) in [7, 11) is 0. The predicted molar refractivity (Wildman–Crippen MR) is 148 cm³/mol. The highest BCUT2D eigenvalue weighted by Gasteiger charge is 2.40. The van der Waals surface area contributed by atoms with Gasteiger partial charge >= 0.3 is 24.1 Å². The molecule has 2 fully saturated rings. The van der Waals surface area contributed by atoms with Gasteiger partial charge in [0.05, 0.1) is 18.2 Å². The number of halogens is 3. The number of ether oxygens (including phenoxy) is 3. The minimum atomic E-state index is -5.03. The van der Waals surface area contributed by atoms with E-state index in [0.29, 0.717) is 36.6 Å². The number of nitrogens with zero attached hydrogens (tertiary/aromatic N) is 1. The third-order valence-electron chi connectivity index (χ3n) is 7.04. The molecule has 0 unspecified atom stereocenters. The lowest BCUT2D eigenvalue weighted by Gasteiger charge is -2.33. The van der Waals surface area contributed by atoms with Crippen LogP contribution in [0.25, 0.3) is 0 Å². The molecule has 228 valence electrons. The van der Waals surface area contributed by atoms with Crippen molar-refractivity contribution >= 4 is 18.0 Å². The van der Waals surface area contributed by atoms with Crippen LogP contribution in [0.1, 0.15) is 86.9 Å². The molecular formula is C31H37F3N2O6. The number of esters is 1. The summed E-state index contributed by atoms with van der Waals surface area (Å²) in [6.45, 7) is 7.54. The van der Waals surface area contributed by atoms with E-state index in [0.717, 1.165) is 18.4 Å². The summed E-state index contributed by atoms with van der Waals surface area (Å²) < 4.78 is 56.0. The molecule has 42 heavy (non-hydrogen) atoms. The van der Waals surface area contributed by atoms with Crippen LogP contribution in [0, 0.1) is 0 Å². The first-order valence-corrected chi connectivity index (χ1v) is 14.1. The Kier molecular flexibility index (Phi) is 9.37. The second-order valence-electron chi connectivity index (χ2n) is 11.9. The van der Waals surface area contributed by atoms with Crippen LogP contribution in [0.3, 0.4) is 0 Å². The minimum absolute atomic E-state index is 0.227. The smallest absolute Gasteiger partial charge is 0.471 e. The van der Waals surface area contributed by atoms with Gasteiger partial charge in [0.25, 0.3) is 0 Å². The van der Waals surface area contributed by atoms with Crippen molar-refractivity contribution in [1.29, 1.82) is 0 Å². The summed E-state index contributed by atoms with van der Waals surface area (Å²) in [6.07, 6.45) is -3.42. The molecular weight excluding hydrogens is 553 g/mol. The molecule has 2 aromatic carbocycles. The van der Waals surface area contributed by atoms with Gasteiger partial charge in [0.15, 0.2) is 0 Å². The van der Waals surface area contributed by atoms with Gasteiger partial charge in [0, 0.05) is 6.54 Å². The standard InChI is InChI=1S/C31H37F3N2O6/c1-19(35-28(38)31(32,33)34)26(22-11-9-21(10-12-22)20-7-8-20)40-24-15-13-23(14-16-24)27(37)41-25-6-5-17-36(18-25)29(39)42-30(2,3)4/h9-16,19-20,25-26H,5-8,17-18H2,1-4H3,(H,35,38)/t19-,25-,26-/m0/s1. The van der Waals surface area contributed by atoms with Crippen molar-refractivity contribution < 1.29 is 41.8 Å². The first-order chi connectivity index (χ1) is 19.7. The first-order valence-electron chi connectivity index (χ1n) is 14.1. The average molecular weight is 591 g/mol. The fourth-order valence-corrected chi connectivity index (χ4v) is 4.76. The van der Waals surface area contributed by atoms with Gasteiger partial charge in [-0.25, -0.2) is 9.59 Å². The highest BCUT2D eigenvalue weighted by atomic mass is 19.4. The number of carbonyl (C=O) groups excluding carboxylic acids is 3. The Bertz CT molecular complexity index is 1250. The van der Waals surface area contributed by atoms with E-state index in [2.05, 4.69) is 0 Å². The van der Waals surface area contributed by atoms with Gasteiger partial charge in [0.2, 0.25) is 0 Å². The van der Waals surface area contributed by atoms with E-state index >= 15 is 0 Å². The second-order valence-corrected chi connectivity index (χ2v) is 11.9. The van der Waals surface area contributed by atoms with E-state index < -0.39 is 48.0 Å². The monoisotopic (exact) mass is 590 g/mol. The number of nitrogens with one attached hydrogen (secondary N) is 1. The highest BCUT2D eigenvalue weighted by molar-refractivity contribution is 5.89. The van der Waals surface area contributed by atoms with Gasteiger partial charge in [-0.2, -0.15) is 13.2 Å². The van der Waals surface area contributed by atoms with Gasteiger partial charge in [-0.1, -0.05) is 24.3 Å². The molecule has 2 aliphatic rings. The normalized spacial score (nSPS) is 18.9. The van der Waals surface area contributed by atoms with E-state index in [4.69, 9.17) is 14.2 Å². The number of alkyl halides is 3. The van der Waals surface area contributed by atoms with Crippen molar-refractivity contribution in [1.82, 2.24) is 10.2 Å². The zero-order valence-electron chi connectivity index (χ0n) is 24.2. The molecule has 4 rings (SSSR count). The largest absolute Gasteiger partial charge is 0.484 e. The summed E-state index contributed by atoms with van der Waals surface area (Å²) >= 11 is 0. The number of piperidine rings is 1. The van der Waals surface area contributed by atoms with E-state index in [9.17, 15) is 27.6 Å². The van der Waals surface area contributed by atoms with Crippen LogP contribution in [0.2, 0.25) is 0 Å². The lowest BCUT2D eigenvalue weighted by Crippen LogP contribution is -2.45. The number of carbonyl (C=O) groups is 3. The average Bonchev–Trinajstić information content (AvgIpc) is 3.76. The van der Waals surface area contributed by atoms with Gasteiger partial charge in [-0.05, 0) is 94.7 Å². The van der Waals surface area contributed by atoms with Crippen LogP contribution >= 0.6 is 0 Å². The molecule has 0 spiro atoms. The summed E-state index contributed by atoms with van der Waals surface area (Å²) in [5, 5.41) is 1.99. The van der Waals surface area contributed by atoms with Crippen molar-refractivity contribution in [3.05, 3.63) is 65.2 Å². The van der Waals surface area contributed by atoms with Crippen molar-refractivity contribution in [2.45, 2.75) is 89.3 Å². The zero-order chi connectivity index (χ0) is 30.7. The maximum atomic E-state index is 12.9. The third-order valence-corrected chi connectivity index (χ3v) is 7.04. The minimum Gasteiger partial charge on any atom is -0.484 e. The molecule has 1 N–H and O–H groups in total. The summed E-state index contributed by atoms with van der Waals surface area (Å²) in [5.74, 6) is -1.83. The third kappa shape index (κ3) is 8.62. The molecule has 1 saturated carbocycles. The Hall–Kier alpha value is -3.76. The molecule has 1 aliphatic carbocycles. The van der Waals surface area contributed by atoms with Crippen molar-refractivity contribution in [2.75, 3.05) is 13.1 Å². The Morgan fingerprint density at radius 2 is 1.60 bits per heavy atom. The summed E-state index contributed by atoms with van der Waals surface area (Å²) in [4.78, 5) is 38.4. The Balaban J connectivity index is 1.41. The number of benzene rings is 2. The molecule has 3 atom stereocenters. The van der Waals surface area contributed by atoms with E-state index in [1.807, 2.05) is 17.4 Å². The van der Waals surface area contributed by atoms with Crippen LogP contribution in [-0.4, -0.2) is 59.9 Å². The van der Waals surface area contributed by atoms with Gasteiger partial charge < -0.3 is 24.4 Å². The molecule has 2 amide bonds. The lowest BCUT2D eigenvalue weighted by atomic mass is 10.00. The molecule has 8 nitrogen and oxygen atoms in total. The fourth-order valence-electron chi connectivity index (χ4n) is 4.76. The number of amides is 2. The Morgan fingerprint density at radius 1 is 0.952 bits per heavy atom. The summed E-state index contributed by atoms with van der Waals surface area (Å²) in [6, 6.07) is 12.5. The fraction of sp³-hybridized carbons (Fsp3) is 0.516. The first kappa shape index (κ1) is 31.2. The quantitative estimate of drug-likeness (QED) is 0.363. The molecule has 0 aromatic heterocycles. The maximum Gasteiger partial charge on any atom is 0.471 e. The Morgan fingerprint density at radius 3 is 2.17 bits per heavy atom. The van der Waals surface area contributed by atoms with E-state index in [1.165, 1.54) is 36.1 Å². The van der Waals surface area contributed by atoms with Crippen LogP contribution in [-0.2, 0) is 14.3 Å². The van der Waals surface area contributed by atoms with Crippen LogP contribution < -0.4 is 10.1 Å². The topological polar surface area (TPSA) is 94.2 Å². The molecule has 2 aromatic rings. The van der Waals surface area contributed by atoms with Crippen LogP contribution in [0.5, 0.6) is 5.75 Å². The molecule has 0 bridgehead atoms. The van der Waals surface area contributed by atoms with E-state index in [-0.39, 0.29) is 12.1 Å². The number of likely N-dealkylation sites (tertiary alicyclic amines) is 1. The van der Waals surface area contributed by atoms with Crippen molar-refractivity contribution in [3.63, 3.8) is 0 Å². The molecule has 0 radical (unpaired) electrons. The predicted octanol–water partition coefficient (Wildman–Crippen LogP) is 6.31. The molecule has 1 heterocycles. The SMILES string of the molecule is C[C@H](NC(=O)C(F)(F)F)[C@H](Oc1ccc(C(=O)O[C@H]2CCCN(C(=O)OC(C)(C)C)C2)cc1)c1ccc(C2CC2)cc1. The Labute approximate surface area is 243 Å². The van der Waals surface area contributed by atoms with Gasteiger partial charge in [0.1, 0.15) is 23.6 Å². The molecule has 11 heteroatoms. The maximum absolute atomic E-state index is 12.9. The molecule has 1 saturated heterocycles. The second kappa shape index (κ2) is 12.6. The van der Waals surface area contributed by atoms with Crippen molar-refractivity contribution in [2.24, 2.45) is 0 Å². The van der Waals surface area contributed by atoms with Crippen LogP contribution in [0.15, 0.2) is 48.5 Å². The van der Waals surface area contributed by atoms with Gasteiger partial charge in [-0.15, -0.1) is 0 Å². The number of hydrogen-bond acceptors (Lipinski definition) is 6. The van der Waals surface area contributed by atoms with Crippen molar-refractivity contribution in [3.8, 4) is 5.75 Å².